The van der Waals surface area contributed by atoms with E-state index in [1.54, 1.807) is 19.2 Å². The molecule has 1 aliphatic heterocycles. The first kappa shape index (κ1) is 27.1. The number of carbonyl (C=O) groups is 1. The topological polar surface area (TPSA) is 100 Å². The van der Waals surface area contributed by atoms with Crippen molar-refractivity contribution in [3.63, 3.8) is 0 Å². The molecule has 2 saturated carbocycles. The molecule has 5 aromatic rings. The summed E-state index contributed by atoms with van der Waals surface area (Å²) in [4.78, 5) is 25.8. The highest BCUT2D eigenvalue weighted by atomic mass is 19.1. The number of halogens is 1. The van der Waals surface area contributed by atoms with Crippen molar-refractivity contribution < 1.29 is 18.7 Å². The fraction of sp³-hybridized carbons (Fsp3) is 0.382. The third-order valence-corrected chi connectivity index (χ3v) is 9.87. The minimum absolute atomic E-state index is 0.0166. The second-order valence-corrected chi connectivity index (χ2v) is 12.5. The van der Waals surface area contributed by atoms with Crippen molar-refractivity contribution in [3.05, 3.63) is 59.9 Å². The second kappa shape index (κ2) is 10.1. The number of methoxy groups -OCH3 is 2. The number of nitrogens with zero attached hydrogens (tertiary/aromatic N) is 5. The third-order valence-electron chi connectivity index (χ3n) is 9.87. The van der Waals surface area contributed by atoms with Crippen molar-refractivity contribution in [1.82, 2.24) is 24.0 Å². The molecule has 9 nitrogen and oxygen atoms in total. The highest BCUT2D eigenvalue weighted by molar-refractivity contribution is 6.00. The third kappa shape index (κ3) is 4.18. The molecule has 3 aliphatic rings. The number of hydrogen-bond acceptors (Lipinski definition) is 6. The van der Waals surface area contributed by atoms with Crippen LogP contribution in [0.25, 0.3) is 44.8 Å². The lowest BCUT2D eigenvalue weighted by Crippen LogP contribution is -2.41. The quantitative estimate of drug-likeness (QED) is 0.272. The number of ether oxygens (including phenoxy) is 2. The zero-order chi connectivity index (χ0) is 30.3. The Labute approximate surface area is 254 Å². The summed E-state index contributed by atoms with van der Waals surface area (Å²) in [5.41, 5.74) is 11.8. The number of imidazole rings is 1. The summed E-state index contributed by atoms with van der Waals surface area (Å²) in [6, 6.07) is 14.8. The van der Waals surface area contributed by atoms with Crippen molar-refractivity contribution in [2.24, 2.45) is 24.6 Å². The molecule has 226 valence electrons. The van der Waals surface area contributed by atoms with Crippen LogP contribution in [0.2, 0.25) is 0 Å². The van der Waals surface area contributed by atoms with Gasteiger partial charge >= 0.3 is 0 Å². The van der Waals surface area contributed by atoms with Crippen LogP contribution < -0.4 is 15.2 Å². The van der Waals surface area contributed by atoms with Gasteiger partial charge in [-0.2, -0.15) is 0 Å². The van der Waals surface area contributed by atoms with Crippen LogP contribution >= 0.6 is 0 Å². The standard InChI is InChI=1S/C34H35FN6O3/c1-39-31-25(12-22(15-29(31)44-3)34(42)41-17-21-8-11-26(41)30(21)36)38-33(39)27-13-20-7-10-24(19-6-9-23(35)28(14-19)43-2)37-32(20)40(27)16-18-4-5-18/h6-7,9-10,12-15,18,21,26,30H,4-5,8,11,16-17,36H2,1-3H3. The number of aryl methyl sites for hydroxylation is 1. The molecule has 2 bridgehead atoms. The van der Waals surface area contributed by atoms with Crippen molar-refractivity contribution in [3.8, 4) is 34.3 Å². The Morgan fingerprint density at radius 1 is 1.00 bits per heavy atom. The number of amides is 1. The summed E-state index contributed by atoms with van der Waals surface area (Å²) in [6.45, 7) is 1.53. The van der Waals surface area contributed by atoms with Crippen LogP contribution in [-0.4, -0.2) is 62.8 Å². The molecule has 3 atom stereocenters. The van der Waals surface area contributed by atoms with E-state index in [-0.39, 0.29) is 23.7 Å². The molecule has 2 aliphatic carbocycles. The monoisotopic (exact) mass is 594 g/mol. The molecule has 3 unspecified atom stereocenters. The van der Waals surface area contributed by atoms with E-state index in [4.69, 9.17) is 25.2 Å². The van der Waals surface area contributed by atoms with Crippen LogP contribution in [0.1, 0.15) is 36.0 Å². The van der Waals surface area contributed by atoms with Crippen molar-refractivity contribution in [1.29, 1.82) is 0 Å². The van der Waals surface area contributed by atoms with Gasteiger partial charge in [-0.25, -0.2) is 14.4 Å². The van der Waals surface area contributed by atoms with Crippen LogP contribution in [0, 0.1) is 17.7 Å². The van der Waals surface area contributed by atoms with Crippen LogP contribution in [0.5, 0.6) is 11.5 Å². The first-order valence-electron chi connectivity index (χ1n) is 15.3. The van der Waals surface area contributed by atoms with Gasteiger partial charge in [0.2, 0.25) is 0 Å². The zero-order valence-electron chi connectivity index (χ0n) is 25.1. The first-order valence-corrected chi connectivity index (χ1v) is 15.3. The van der Waals surface area contributed by atoms with E-state index in [0.29, 0.717) is 35.2 Å². The molecule has 44 heavy (non-hydrogen) atoms. The van der Waals surface area contributed by atoms with Gasteiger partial charge in [-0.3, -0.25) is 4.79 Å². The summed E-state index contributed by atoms with van der Waals surface area (Å²) in [5, 5.41) is 0.994. The van der Waals surface area contributed by atoms with Crippen LogP contribution in [0.15, 0.2) is 48.5 Å². The van der Waals surface area contributed by atoms with Gasteiger partial charge in [0.15, 0.2) is 17.4 Å². The minimum atomic E-state index is -0.407. The fourth-order valence-corrected chi connectivity index (χ4v) is 7.30. The smallest absolute Gasteiger partial charge is 0.254 e. The number of aromatic nitrogens is 4. The molecule has 10 heteroatoms. The molecular weight excluding hydrogens is 559 g/mol. The number of fused-ring (bicyclic) bond motifs is 4. The SMILES string of the molecule is COc1cc(-c2ccc3cc(-c4nc5cc(C(=O)N6CC7CCC6C7N)cc(OC)c5n4C)n(CC4CC4)c3n2)ccc1F. The number of rotatable bonds is 7. The Morgan fingerprint density at radius 3 is 2.52 bits per heavy atom. The lowest BCUT2D eigenvalue weighted by Gasteiger charge is -2.27. The molecule has 2 N–H and O–H groups in total. The molecule has 8 rings (SSSR count). The predicted octanol–water partition coefficient (Wildman–Crippen LogP) is 5.39. The first-order chi connectivity index (χ1) is 21.3. The second-order valence-electron chi connectivity index (χ2n) is 12.5. The zero-order valence-corrected chi connectivity index (χ0v) is 25.1. The minimum Gasteiger partial charge on any atom is -0.494 e. The summed E-state index contributed by atoms with van der Waals surface area (Å²) in [6.07, 6.45) is 4.40. The maximum Gasteiger partial charge on any atom is 0.254 e. The molecule has 4 heterocycles. The number of piperidine rings is 1. The van der Waals surface area contributed by atoms with Crippen LogP contribution in [-0.2, 0) is 13.6 Å². The van der Waals surface area contributed by atoms with Gasteiger partial charge in [0.05, 0.1) is 31.1 Å². The summed E-state index contributed by atoms with van der Waals surface area (Å²) in [5.74, 6) is 2.10. The van der Waals surface area contributed by atoms with Crippen molar-refractivity contribution >= 4 is 28.0 Å². The molecule has 3 aromatic heterocycles. The van der Waals surface area contributed by atoms with E-state index < -0.39 is 5.82 Å². The van der Waals surface area contributed by atoms with Gasteiger partial charge in [0.1, 0.15) is 16.9 Å². The Hall–Kier alpha value is -4.44. The van der Waals surface area contributed by atoms with Gasteiger partial charge in [0.25, 0.3) is 5.91 Å². The van der Waals surface area contributed by atoms with Gasteiger partial charge in [-0.1, -0.05) is 0 Å². The van der Waals surface area contributed by atoms with Crippen molar-refractivity contribution in [2.45, 2.75) is 44.3 Å². The average Bonchev–Trinajstić information content (AvgIpc) is 3.44. The van der Waals surface area contributed by atoms with E-state index >= 15 is 0 Å². The van der Waals surface area contributed by atoms with E-state index in [9.17, 15) is 9.18 Å². The van der Waals surface area contributed by atoms with Crippen LogP contribution in [0.3, 0.4) is 0 Å². The highest BCUT2D eigenvalue weighted by Gasteiger charge is 2.47. The van der Waals surface area contributed by atoms with Gasteiger partial charge < -0.3 is 29.2 Å². The molecule has 2 aromatic carbocycles. The van der Waals surface area contributed by atoms with Gasteiger partial charge in [-0.15, -0.1) is 0 Å². The number of hydrogen-bond donors (Lipinski definition) is 1. The van der Waals surface area contributed by atoms with Crippen molar-refractivity contribution in [2.75, 3.05) is 20.8 Å². The largest absolute Gasteiger partial charge is 0.494 e. The van der Waals surface area contributed by atoms with E-state index in [0.717, 1.165) is 58.7 Å². The van der Waals surface area contributed by atoms with E-state index in [2.05, 4.69) is 16.7 Å². The van der Waals surface area contributed by atoms with Crippen LogP contribution in [0.4, 0.5) is 4.39 Å². The number of likely N-dealkylation sites (tertiary alicyclic amines) is 1. The normalized spacial score (nSPS) is 21.1. The average molecular weight is 595 g/mol. The Morgan fingerprint density at radius 2 is 1.82 bits per heavy atom. The lowest BCUT2D eigenvalue weighted by molar-refractivity contribution is 0.0700. The lowest BCUT2D eigenvalue weighted by atomic mass is 10.1. The Kier molecular flexibility index (Phi) is 6.20. The maximum atomic E-state index is 14.1. The summed E-state index contributed by atoms with van der Waals surface area (Å²) >= 11 is 0. The molecule has 0 radical (unpaired) electrons. The molecular formula is C34H35FN6O3. The summed E-state index contributed by atoms with van der Waals surface area (Å²) in [7, 11) is 5.07. The number of benzene rings is 2. The maximum absolute atomic E-state index is 14.1. The molecule has 3 fully saturated rings. The summed E-state index contributed by atoms with van der Waals surface area (Å²) < 4.78 is 29.5. The molecule has 1 amide bonds. The van der Waals surface area contributed by atoms with E-state index in [1.165, 1.54) is 26.0 Å². The van der Waals surface area contributed by atoms with Gasteiger partial charge in [-0.05, 0) is 86.1 Å². The predicted molar refractivity (Wildman–Crippen MR) is 166 cm³/mol. The number of pyridine rings is 1. The van der Waals surface area contributed by atoms with Gasteiger partial charge in [0, 0.05) is 48.7 Å². The molecule has 1 saturated heterocycles. The Bertz CT molecular complexity index is 1960. The van der Waals surface area contributed by atoms with E-state index in [1.807, 2.05) is 34.7 Å². The fourth-order valence-electron chi connectivity index (χ4n) is 7.30. The molecule has 0 spiro atoms. The Balaban J connectivity index is 1.24. The number of carbonyl (C=O) groups excluding carboxylic acids is 1. The number of nitrogens with two attached hydrogens (primary N) is 1. The highest BCUT2D eigenvalue weighted by Crippen LogP contribution is 2.40.